The Labute approximate surface area is 189 Å². The first kappa shape index (κ1) is 23.9. The Hall–Kier alpha value is -2.78. The number of aryl methyl sites for hydroxylation is 1. The third-order valence-electron chi connectivity index (χ3n) is 5.33. The van der Waals surface area contributed by atoms with E-state index in [4.69, 9.17) is 14.2 Å². The summed E-state index contributed by atoms with van der Waals surface area (Å²) < 4.78 is 43.2. The molecule has 0 atom stereocenters. The van der Waals surface area contributed by atoms with Gasteiger partial charge in [0.15, 0.2) is 11.5 Å². The van der Waals surface area contributed by atoms with Crippen LogP contribution in [0.15, 0.2) is 41.3 Å². The summed E-state index contributed by atoms with van der Waals surface area (Å²) in [6.45, 7) is 0.388. The van der Waals surface area contributed by atoms with E-state index < -0.39 is 10.0 Å². The smallest absolute Gasteiger partial charge is 0.240 e. The van der Waals surface area contributed by atoms with Gasteiger partial charge in [-0.15, -0.1) is 0 Å². The number of methoxy groups -OCH3 is 3. The Morgan fingerprint density at radius 1 is 1.00 bits per heavy atom. The molecule has 2 aromatic rings. The van der Waals surface area contributed by atoms with Crippen LogP contribution in [0.25, 0.3) is 0 Å². The number of hydrogen-bond acceptors (Lipinski definition) is 6. The molecule has 174 valence electrons. The summed E-state index contributed by atoms with van der Waals surface area (Å²) in [7, 11) is 2.92. The number of amides is 1. The van der Waals surface area contributed by atoms with Gasteiger partial charge in [-0.2, -0.15) is 0 Å². The van der Waals surface area contributed by atoms with E-state index in [2.05, 4.69) is 4.72 Å². The van der Waals surface area contributed by atoms with Crippen molar-refractivity contribution < 1.29 is 27.4 Å². The van der Waals surface area contributed by atoms with Gasteiger partial charge < -0.3 is 19.1 Å². The number of nitrogens with zero attached hydrogens (tertiary/aromatic N) is 1. The van der Waals surface area contributed by atoms with Gasteiger partial charge in [0.25, 0.3) is 0 Å². The molecule has 9 heteroatoms. The third-order valence-corrected chi connectivity index (χ3v) is 6.87. The Bertz CT molecular complexity index is 1020. The average Bonchev–Trinajstić information content (AvgIpc) is 3.60. The van der Waals surface area contributed by atoms with Crippen LogP contribution >= 0.6 is 0 Å². The van der Waals surface area contributed by atoms with Gasteiger partial charge in [-0.25, -0.2) is 13.1 Å². The Balaban J connectivity index is 1.58. The number of carbonyl (C=O) groups is 1. The minimum Gasteiger partial charge on any atom is -0.493 e. The monoisotopic (exact) mass is 462 g/mol. The molecule has 1 fully saturated rings. The van der Waals surface area contributed by atoms with Crippen LogP contribution in [-0.4, -0.2) is 53.6 Å². The SMILES string of the molecule is COc1cc(CN(C)C(=O)CCc2ccc(S(=O)(=O)NC3CC3)cc2)cc(OC)c1OC. The fourth-order valence-corrected chi connectivity index (χ4v) is 4.66. The molecule has 3 rings (SSSR count). The lowest BCUT2D eigenvalue weighted by Crippen LogP contribution is -2.26. The molecule has 2 aromatic carbocycles. The van der Waals surface area contributed by atoms with E-state index in [1.165, 1.54) is 0 Å². The minimum absolute atomic E-state index is 0.0224. The van der Waals surface area contributed by atoms with Crippen molar-refractivity contribution in [3.05, 3.63) is 47.5 Å². The molecule has 1 saturated carbocycles. The average molecular weight is 463 g/mol. The van der Waals surface area contributed by atoms with Gasteiger partial charge in [0.2, 0.25) is 21.7 Å². The molecule has 1 amide bonds. The number of rotatable bonds is 11. The minimum atomic E-state index is -3.46. The van der Waals surface area contributed by atoms with Crippen molar-refractivity contribution in [1.29, 1.82) is 0 Å². The van der Waals surface area contributed by atoms with Crippen molar-refractivity contribution >= 4 is 15.9 Å². The van der Waals surface area contributed by atoms with Gasteiger partial charge in [0, 0.05) is 26.1 Å². The molecule has 1 aliphatic rings. The van der Waals surface area contributed by atoms with Gasteiger partial charge in [0.1, 0.15) is 0 Å². The summed E-state index contributed by atoms with van der Waals surface area (Å²) in [6.07, 6.45) is 2.62. The number of benzene rings is 2. The molecule has 0 aliphatic heterocycles. The number of hydrogen-bond donors (Lipinski definition) is 1. The number of sulfonamides is 1. The van der Waals surface area contributed by atoms with E-state index in [9.17, 15) is 13.2 Å². The molecule has 1 aliphatic carbocycles. The van der Waals surface area contributed by atoms with Crippen molar-refractivity contribution in [3.8, 4) is 17.2 Å². The molecule has 0 unspecified atom stereocenters. The fourth-order valence-electron chi connectivity index (χ4n) is 3.35. The maximum Gasteiger partial charge on any atom is 0.240 e. The molecule has 0 radical (unpaired) electrons. The normalized spacial score (nSPS) is 13.5. The molecule has 0 heterocycles. The number of ether oxygens (including phenoxy) is 3. The van der Waals surface area contributed by atoms with Crippen LogP contribution in [0.3, 0.4) is 0 Å². The molecule has 0 saturated heterocycles. The zero-order valence-electron chi connectivity index (χ0n) is 18.9. The zero-order valence-corrected chi connectivity index (χ0v) is 19.7. The number of nitrogens with one attached hydrogen (secondary N) is 1. The van der Waals surface area contributed by atoms with E-state index in [0.29, 0.717) is 36.6 Å². The van der Waals surface area contributed by atoms with Crippen LogP contribution in [-0.2, 0) is 27.8 Å². The third kappa shape index (κ3) is 5.92. The Kier molecular flexibility index (Phi) is 7.63. The molecular weight excluding hydrogens is 432 g/mol. The molecule has 0 bridgehead atoms. The molecule has 1 N–H and O–H groups in total. The lowest BCUT2D eigenvalue weighted by molar-refractivity contribution is -0.130. The lowest BCUT2D eigenvalue weighted by atomic mass is 10.1. The van der Waals surface area contributed by atoms with Crippen LogP contribution in [0.1, 0.15) is 30.4 Å². The predicted molar refractivity (Wildman–Crippen MR) is 121 cm³/mol. The van der Waals surface area contributed by atoms with Crippen molar-refractivity contribution in [2.75, 3.05) is 28.4 Å². The molecular formula is C23H30N2O6S. The van der Waals surface area contributed by atoms with Crippen LogP contribution in [0.5, 0.6) is 17.2 Å². The van der Waals surface area contributed by atoms with E-state index >= 15 is 0 Å². The molecule has 8 nitrogen and oxygen atoms in total. The predicted octanol–water partition coefficient (Wildman–Crippen LogP) is 2.74. The van der Waals surface area contributed by atoms with Crippen LogP contribution in [0.4, 0.5) is 0 Å². The molecule has 0 aromatic heterocycles. The maximum atomic E-state index is 12.6. The molecule has 0 spiro atoms. The van der Waals surface area contributed by atoms with Crippen LogP contribution in [0.2, 0.25) is 0 Å². The summed E-state index contributed by atoms with van der Waals surface area (Å²) >= 11 is 0. The highest BCUT2D eigenvalue weighted by Crippen LogP contribution is 2.38. The summed E-state index contributed by atoms with van der Waals surface area (Å²) in [5, 5.41) is 0. The standard InChI is InChI=1S/C23H30N2O6S/c1-25(15-17-13-20(29-2)23(31-4)21(14-17)30-3)22(26)12-7-16-5-10-19(11-6-16)32(27,28)24-18-8-9-18/h5-6,10-11,13-14,18,24H,7-9,12,15H2,1-4H3. The topological polar surface area (TPSA) is 94.2 Å². The first-order valence-electron chi connectivity index (χ1n) is 10.4. The maximum absolute atomic E-state index is 12.6. The summed E-state index contributed by atoms with van der Waals surface area (Å²) in [4.78, 5) is 14.5. The second-order valence-electron chi connectivity index (χ2n) is 7.82. The van der Waals surface area contributed by atoms with Crippen LogP contribution in [0, 0.1) is 0 Å². The highest BCUT2D eigenvalue weighted by Gasteiger charge is 2.27. The Morgan fingerprint density at radius 3 is 2.09 bits per heavy atom. The quantitative estimate of drug-likeness (QED) is 0.552. The first-order chi connectivity index (χ1) is 15.3. The van der Waals surface area contributed by atoms with Crippen molar-refractivity contribution in [3.63, 3.8) is 0 Å². The fraction of sp³-hybridized carbons (Fsp3) is 0.435. The largest absolute Gasteiger partial charge is 0.493 e. The Morgan fingerprint density at radius 2 is 1.59 bits per heavy atom. The van der Waals surface area contributed by atoms with E-state index in [1.54, 1.807) is 57.5 Å². The number of carbonyl (C=O) groups excluding carboxylic acids is 1. The first-order valence-corrected chi connectivity index (χ1v) is 11.9. The van der Waals surface area contributed by atoms with Crippen molar-refractivity contribution in [2.45, 2.75) is 43.2 Å². The van der Waals surface area contributed by atoms with Gasteiger partial charge in [-0.1, -0.05) is 12.1 Å². The molecule has 32 heavy (non-hydrogen) atoms. The second kappa shape index (κ2) is 10.2. The van der Waals surface area contributed by atoms with Crippen LogP contribution < -0.4 is 18.9 Å². The van der Waals surface area contributed by atoms with E-state index in [0.717, 1.165) is 24.0 Å². The van der Waals surface area contributed by atoms with Gasteiger partial charge in [-0.05, 0) is 54.7 Å². The summed E-state index contributed by atoms with van der Waals surface area (Å²) in [5.74, 6) is 1.55. The van der Waals surface area contributed by atoms with Gasteiger partial charge in [0.05, 0.1) is 26.2 Å². The van der Waals surface area contributed by atoms with Crippen molar-refractivity contribution in [1.82, 2.24) is 9.62 Å². The van der Waals surface area contributed by atoms with E-state index in [1.807, 2.05) is 12.1 Å². The second-order valence-corrected chi connectivity index (χ2v) is 9.54. The highest BCUT2D eigenvalue weighted by atomic mass is 32.2. The summed E-state index contributed by atoms with van der Waals surface area (Å²) in [5.41, 5.74) is 1.76. The van der Waals surface area contributed by atoms with Gasteiger partial charge in [-0.3, -0.25) is 4.79 Å². The van der Waals surface area contributed by atoms with Crippen molar-refractivity contribution in [2.24, 2.45) is 0 Å². The van der Waals surface area contributed by atoms with Gasteiger partial charge >= 0.3 is 0 Å². The lowest BCUT2D eigenvalue weighted by Gasteiger charge is -2.19. The van der Waals surface area contributed by atoms with E-state index in [-0.39, 0.29) is 16.8 Å². The zero-order chi connectivity index (χ0) is 23.3. The summed E-state index contributed by atoms with van der Waals surface area (Å²) in [6, 6.07) is 10.4. The highest BCUT2D eigenvalue weighted by molar-refractivity contribution is 7.89.